The zero-order valence-corrected chi connectivity index (χ0v) is 12.7. The first-order valence-corrected chi connectivity index (χ1v) is 8.34. The Morgan fingerprint density at radius 2 is 2.00 bits per heavy atom. The van der Waals surface area contributed by atoms with Crippen LogP contribution in [0.3, 0.4) is 0 Å². The second kappa shape index (κ2) is 5.99. The molecule has 2 rings (SSSR count). The van der Waals surface area contributed by atoms with Crippen LogP contribution in [0, 0.1) is 0 Å². The van der Waals surface area contributed by atoms with Crippen molar-refractivity contribution < 1.29 is 18.3 Å². The Kier molecular flexibility index (Phi) is 4.49. The molecule has 1 fully saturated rings. The Bertz CT molecular complexity index is 635. The second-order valence-electron chi connectivity index (χ2n) is 5.52. The van der Waals surface area contributed by atoms with Gasteiger partial charge in [0.05, 0.1) is 10.5 Å². The van der Waals surface area contributed by atoms with Crippen molar-refractivity contribution in [2.45, 2.75) is 30.3 Å². The fraction of sp³-hybridized carbons (Fsp3) is 0.400. The van der Waals surface area contributed by atoms with Crippen molar-refractivity contribution in [3.8, 4) is 0 Å². The molecule has 1 aromatic rings. The van der Waals surface area contributed by atoms with Crippen LogP contribution in [0.15, 0.2) is 46.7 Å². The molecule has 1 aliphatic heterocycles. The summed E-state index contributed by atoms with van der Waals surface area (Å²) < 4.78 is 24.1. The highest BCUT2D eigenvalue weighted by molar-refractivity contribution is 7.94. The maximum atomic E-state index is 12.0. The van der Waals surface area contributed by atoms with Crippen LogP contribution in [0.5, 0.6) is 0 Å². The number of benzene rings is 1. The number of amides is 1. The highest BCUT2D eigenvalue weighted by Crippen LogP contribution is 2.20. The molecule has 0 saturated carbocycles. The third-order valence-corrected chi connectivity index (χ3v) is 4.87. The number of likely N-dealkylation sites (tertiary alicyclic amines) is 1. The van der Waals surface area contributed by atoms with Crippen LogP contribution in [0.25, 0.3) is 0 Å². The quantitative estimate of drug-likeness (QED) is 0.855. The van der Waals surface area contributed by atoms with Gasteiger partial charge in [-0.05, 0) is 31.9 Å². The average Bonchev–Trinajstić information content (AvgIpc) is 2.45. The number of piperidine rings is 1. The molecule has 1 aromatic carbocycles. The monoisotopic (exact) mass is 309 g/mol. The van der Waals surface area contributed by atoms with E-state index in [1.807, 2.05) is 0 Å². The molecule has 0 aliphatic carbocycles. The SMILES string of the molecule is CC1(O)CCCN(C(=O)/C=C/S(=O)(=O)c2ccccc2)C1. The van der Waals surface area contributed by atoms with E-state index in [9.17, 15) is 18.3 Å². The summed E-state index contributed by atoms with van der Waals surface area (Å²) in [7, 11) is -3.61. The second-order valence-corrected chi connectivity index (χ2v) is 7.35. The highest BCUT2D eigenvalue weighted by Gasteiger charge is 2.30. The van der Waals surface area contributed by atoms with Crippen molar-refractivity contribution in [2.75, 3.05) is 13.1 Å². The van der Waals surface area contributed by atoms with Crippen molar-refractivity contribution in [3.05, 3.63) is 41.8 Å². The summed E-state index contributed by atoms with van der Waals surface area (Å²) in [5, 5.41) is 10.9. The maximum Gasteiger partial charge on any atom is 0.247 e. The topological polar surface area (TPSA) is 74.7 Å². The van der Waals surface area contributed by atoms with Gasteiger partial charge in [-0.2, -0.15) is 0 Å². The Morgan fingerprint density at radius 1 is 1.33 bits per heavy atom. The summed E-state index contributed by atoms with van der Waals surface area (Å²) in [6.07, 6.45) is 2.41. The lowest BCUT2D eigenvalue weighted by Crippen LogP contribution is -2.48. The summed E-state index contributed by atoms with van der Waals surface area (Å²) in [5.41, 5.74) is -0.903. The summed E-state index contributed by atoms with van der Waals surface area (Å²) in [6.45, 7) is 2.43. The van der Waals surface area contributed by atoms with E-state index in [1.165, 1.54) is 17.0 Å². The third kappa shape index (κ3) is 4.15. The van der Waals surface area contributed by atoms with E-state index >= 15 is 0 Å². The molecule has 5 nitrogen and oxygen atoms in total. The number of hydrogen-bond acceptors (Lipinski definition) is 4. The lowest BCUT2D eigenvalue weighted by atomic mass is 9.95. The van der Waals surface area contributed by atoms with E-state index in [4.69, 9.17) is 0 Å². The Morgan fingerprint density at radius 3 is 2.62 bits per heavy atom. The van der Waals surface area contributed by atoms with E-state index < -0.39 is 21.3 Å². The molecule has 21 heavy (non-hydrogen) atoms. The van der Waals surface area contributed by atoms with Crippen molar-refractivity contribution in [3.63, 3.8) is 0 Å². The van der Waals surface area contributed by atoms with Crippen molar-refractivity contribution in [1.29, 1.82) is 0 Å². The zero-order chi connectivity index (χ0) is 15.5. The molecule has 1 aliphatic rings. The largest absolute Gasteiger partial charge is 0.388 e. The standard InChI is InChI=1S/C15H19NO4S/c1-15(18)9-5-10-16(12-15)14(17)8-11-21(19,20)13-6-3-2-4-7-13/h2-4,6-8,11,18H,5,9-10,12H2,1H3/b11-8+. The van der Waals surface area contributed by atoms with Gasteiger partial charge in [-0.1, -0.05) is 18.2 Å². The van der Waals surface area contributed by atoms with Gasteiger partial charge in [0, 0.05) is 24.6 Å². The van der Waals surface area contributed by atoms with Crippen LogP contribution in [0.1, 0.15) is 19.8 Å². The van der Waals surface area contributed by atoms with Gasteiger partial charge < -0.3 is 10.0 Å². The summed E-state index contributed by atoms with van der Waals surface area (Å²) in [4.78, 5) is 13.7. The number of β-amino-alcohol motifs (C(OH)–C–C–N with tert-alkyl or cyclic N) is 1. The van der Waals surface area contributed by atoms with Gasteiger partial charge in [0.15, 0.2) is 9.84 Å². The normalized spacial score (nSPS) is 23.4. The number of carbonyl (C=O) groups is 1. The van der Waals surface area contributed by atoms with Gasteiger partial charge >= 0.3 is 0 Å². The first-order chi connectivity index (χ1) is 9.80. The van der Waals surface area contributed by atoms with Crippen molar-refractivity contribution in [2.24, 2.45) is 0 Å². The van der Waals surface area contributed by atoms with Gasteiger partial charge in [-0.15, -0.1) is 0 Å². The number of rotatable bonds is 3. The predicted molar refractivity (Wildman–Crippen MR) is 79.2 cm³/mol. The molecule has 1 atom stereocenters. The van der Waals surface area contributed by atoms with Crippen LogP contribution in [-0.4, -0.2) is 43.0 Å². The van der Waals surface area contributed by atoms with E-state index in [1.54, 1.807) is 25.1 Å². The van der Waals surface area contributed by atoms with Crippen LogP contribution < -0.4 is 0 Å². The lowest BCUT2D eigenvalue weighted by Gasteiger charge is -2.36. The first kappa shape index (κ1) is 15.7. The van der Waals surface area contributed by atoms with Gasteiger partial charge in [0.2, 0.25) is 5.91 Å². The molecule has 0 aromatic heterocycles. The Balaban J connectivity index is 2.09. The molecule has 0 spiro atoms. The molecule has 0 bridgehead atoms. The fourth-order valence-electron chi connectivity index (χ4n) is 2.35. The van der Waals surface area contributed by atoms with Crippen LogP contribution in [-0.2, 0) is 14.6 Å². The average molecular weight is 309 g/mol. The molecule has 1 N–H and O–H groups in total. The van der Waals surface area contributed by atoms with Gasteiger partial charge in [0.1, 0.15) is 0 Å². The maximum absolute atomic E-state index is 12.0. The molecule has 1 unspecified atom stereocenters. The number of hydrogen-bond donors (Lipinski definition) is 1. The van der Waals surface area contributed by atoms with Crippen LogP contribution >= 0.6 is 0 Å². The number of carbonyl (C=O) groups excluding carboxylic acids is 1. The fourth-order valence-corrected chi connectivity index (χ4v) is 3.34. The minimum Gasteiger partial charge on any atom is -0.388 e. The van der Waals surface area contributed by atoms with Crippen LogP contribution in [0.2, 0.25) is 0 Å². The molecule has 1 saturated heterocycles. The van der Waals surface area contributed by atoms with Crippen molar-refractivity contribution >= 4 is 15.7 Å². The van der Waals surface area contributed by atoms with E-state index in [0.717, 1.165) is 11.5 Å². The smallest absolute Gasteiger partial charge is 0.247 e. The van der Waals surface area contributed by atoms with Gasteiger partial charge in [-0.3, -0.25) is 4.79 Å². The summed E-state index contributed by atoms with van der Waals surface area (Å²) in [5.74, 6) is -0.394. The highest BCUT2D eigenvalue weighted by atomic mass is 32.2. The molecule has 0 radical (unpaired) electrons. The number of sulfone groups is 1. The molecule has 1 amide bonds. The lowest BCUT2D eigenvalue weighted by molar-refractivity contribution is -0.132. The van der Waals surface area contributed by atoms with E-state index in [0.29, 0.717) is 19.4 Å². The Hall–Kier alpha value is -1.66. The van der Waals surface area contributed by atoms with Crippen molar-refractivity contribution in [1.82, 2.24) is 4.90 Å². The summed E-state index contributed by atoms with van der Waals surface area (Å²) >= 11 is 0. The number of nitrogens with zero attached hydrogens (tertiary/aromatic N) is 1. The summed E-state index contributed by atoms with van der Waals surface area (Å²) in [6, 6.07) is 7.95. The minimum absolute atomic E-state index is 0.152. The molecular weight excluding hydrogens is 290 g/mol. The molecule has 6 heteroatoms. The Labute approximate surface area is 124 Å². The van der Waals surface area contributed by atoms with Gasteiger partial charge in [0.25, 0.3) is 0 Å². The third-order valence-electron chi connectivity index (χ3n) is 3.45. The minimum atomic E-state index is -3.61. The molecular formula is C15H19NO4S. The van der Waals surface area contributed by atoms with Gasteiger partial charge in [-0.25, -0.2) is 8.42 Å². The van der Waals surface area contributed by atoms with Crippen LogP contribution in [0.4, 0.5) is 0 Å². The predicted octanol–water partition coefficient (Wildman–Crippen LogP) is 1.35. The van der Waals surface area contributed by atoms with E-state index in [2.05, 4.69) is 0 Å². The first-order valence-electron chi connectivity index (χ1n) is 6.80. The molecule has 1 heterocycles. The molecule has 114 valence electrons. The zero-order valence-electron chi connectivity index (χ0n) is 11.9. The number of aliphatic hydroxyl groups is 1. The van der Waals surface area contributed by atoms with E-state index in [-0.39, 0.29) is 11.4 Å².